The molecule has 5 rings (SSSR count). The second-order valence-corrected chi connectivity index (χ2v) is 9.07. The van der Waals surface area contributed by atoms with Crippen LogP contribution in [-0.2, 0) is 19.1 Å². The SMILES string of the molecule is O=C(O)c1ccc2c(c1)C[C@@H](O)[C@@H]2NC(=O)c1cc(C(=O)NCc2ccc(C(F)(F)F)cc2)nc2c(F)cnn12. The number of benzene rings is 2. The number of hydrogen-bond donors (Lipinski definition) is 4. The van der Waals surface area contributed by atoms with E-state index in [4.69, 9.17) is 0 Å². The molecule has 206 valence electrons. The molecule has 2 aromatic carbocycles. The van der Waals surface area contributed by atoms with E-state index in [-0.39, 0.29) is 29.9 Å². The van der Waals surface area contributed by atoms with Crippen molar-refractivity contribution in [2.75, 3.05) is 0 Å². The van der Waals surface area contributed by atoms with Crippen molar-refractivity contribution in [1.29, 1.82) is 0 Å². The molecule has 4 N–H and O–H groups in total. The van der Waals surface area contributed by atoms with Crippen molar-refractivity contribution in [2.24, 2.45) is 0 Å². The maximum Gasteiger partial charge on any atom is 0.416 e. The number of alkyl halides is 3. The Hall–Kier alpha value is -4.85. The third kappa shape index (κ3) is 5.08. The number of rotatable bonds is 6. The molecular formula is C26H19F4N5O5. The summed E-state index contributed by atoms with van der Waals surface area (Å²) in [5.41, 5.74) is -0.504. The molecule has 1 aliphatic carbocycles. The number of aliphatic hydroxyl groups is 1. The average molecular weight is 557 g/mol. The van der Waals surface area contributed by atoms with Gasteiger partial charge < -0.3 is 20.8 Å². The fourth-order valence-corrected chi connectivity index (χ4v) is 4.46. The van der Waals surface area contributed by atoms with E-state index in [2.05, 4.69) is 20.7 Å². The van der Waals surface area contributed by atoms with Crippen molar-refractivity contribution in [3.8, 4) is 0 Å². The van der Waals surface area contributed by atoms with Crippen molar-refractivity contribution < 1.29 is 42.2 Å². The first-order valence-corrected chi connectivity index (χ1v) is 11.8. The van der Waals surface area contributed by atoms with E-state index >= 15 is 0 Å². The van der Waals surface area contributed by atoms with Gasteiger partial charge in [0.05, 0.1) is 29.5 Å². The molecule has 40 heavy (non-hydrogen) atoms. The van der Waals surface area contributed by atoms with Crippen LogP contribution in [-0.4, -0.2) is 48.7 Å². The van der Waals surface area contributed by atoms with Crippen LogP contribution in [0.5, 0.6) is 0 Å². The Balaban J connectivity index is 1.38. The van der Waals surface area contributed by atoms with Crippen LogP contribution >= 0.6 is 0 Å². The van der Waals surface area contributed by atoms with Gasteiger partial charge in [-0.15, -0.1) is 0 Å². The van der Waals surface area contributed by atoms with Gasteiger partial charge in [-0.1, -0.05) is 18.2 Å². The predicted octanol–water partition coefficient (Wildman–Crippen LogP) is 2.90. The number of hydrogen-bond acceptors (Lipinski definition) is 6. The zero-order valence-corrected chi connectivity index (χ0v) is 20.2. The van der Waals surface area contributed by atoms with Gasteiger partial charge in [-0.05, 0) is 41.0 Å². The number of carbonyl (C=O) groups excluding carboxylic acids is 2. The van der Waals surface area contributed by atoms with Gasteiger partial charge in [-0.2, -0.15) is 18.3 Å². The van der Waals surface area contributed by atoms with Crippen LogP contribution in [0.15, 0.2) is 54.7 Å². The van der Waals surface area contributed by atoms with Crippen molar-refractivity contribution in [3.63, 3.8) is 0 Å². The van der Waals surface area contributed by atoms with E-state index in [1.54, 1.807) is 0 Å². The molecule has 0 radical (unpaired) electrons. The number of aromatic nitrogens is 3. The van der Waals surface area contributed by atoms with Crippen LogP contribution in [0.2, 0.25) is 0 Å². The highest BCUT2D eigenvalue weighted by atomic mass is 19.4. The number of aromatic carboxylic acids is 1. The maximum absolute atomic E-state index is 14.4. The minimum atomic E-state index is -4.51. The number of nitrogens with one attached hydrogen (secondary N) is 2. The predicted molar refractivity (Wildman–Crippen MR) is 129 cm³/mol. The number of carboxylic acid groups (broad SMARTS) is 1. The third-order valence-electron chi connectivity index (χ3n) is 6.45. The van der Waals surface area contributed by atoms with E-state index in [1.165, 1.54) is 30.3 Å². The lowest BCUT2D eigenvalue weighted by atomic mass is 10.0. The van der Waals surface area contributed by atoms with E-state index in [1.807, 2.05) is 0 Å². The van der Waals surface area contributed by atoms with Gasteiger partial charge in [-0.3, -0.25) is 9.59 Å². The number of halogens is 4. The first-order chi connectivity index (χ1) is 18.9. The van der Waals surface area contributed by atoms with Crippen LogP contribution in [0.25, 0.3) is 5.65 Å². The van der Waals surface area contributed by atoms with Crippen LogP contribution in [0.3, 0.4) is 0 Å². The molecule has 0 saturated carbocycles. The van der Waals surface area contributed by atoms with Gasteiger partial charge in [0.2, 0.25) is 0 Å². The summed E-state index contributed by atoms with van der Waals surface area (Å²) >= 11 is 0. The van der Waals surface area contributed by atoms with Crippen molar-refractivity contribution in [3.05, 3.63) is 99.8 Å². The van der Waals surface area contributed by atoms with Crippen molar-refractivity contribution >= 4 is 23.4 Å². The molecule has 2 aromatic heterocycles. The van der Waals surface area contributed by atoms with Gasteiger partial charge in [0, 0.05) is 19.0 Å². The molecule has 0 saturated heterocycles. The number of fused-ring (bicyclic) bond motifs is 2. The lowest BCUT2D eigenvalue weighted by molar-refractivity contribution is -0.137. The molecule has 1 aliphatic rings. The Labute approximate surface area is 222 Å². The molecule has 2 amide bonds. The lowest BCUT2D eigenvalue weighted by Gasteiger charge is -2.18. The lowest BCUT2D eigenvalue weighted by Crippen LogP contribution is -2.35. The summed E-state index contributed by atoms with van der Waals surface area (Å²) < 4.78 is 53.6. The fraction of sp³-hybridized carbons (Fsp3) is 0.192. The first-order valence-electron chi connectivity index (χ1n) is 11.8. The van der Waals surface area contributed by atoms with Gasteiger partial charge in [0.1, 0.15) is 11.4 Å². The van der Waals surface area contributed by atoms with Gasteiger partial charge in [0.15, 0.2) is 11.5 Å². The molecule has 0 spiro atoms. The van der Waals surface area contributed by atoms with Crippen molar-refractivity contribution in [1.82, 2.24) is 25.2 Å². The summed E-state index contributed by atoms with van der Waals surface area (Å²) in [6, 6.07) is 8.49. The van der Waals surface area contributed by atoms with Crippen LogP contribution in [0.1, 0.15) is 59.6 Å². The molecule has 0 unspecified atom stereocenters. The molecule has 0 aliphatic heterocycles. The zero-order chi connectivity index (χ0) is 28.8. The highest BCUT2D eigenvalue weighted by molar-refractivity contribution is 5.98. The first kappa shape index (κ1) is 26.7. The van der Waals surface area contributed by atoms with Crippen LogP contribution in [0.4, 0.5) is 17.6 Å². The minimum Gasteiger partial charge on any atom is -0.478 e. The Morgan fingerprint density at radius 1 is 1.05 bits per heavy atom. The third-order valence-corrected chi connectivity index (χ3v) is 6.45. The summed E-state index contributed by atoms with van der Waals surface area (Å²) in [6.07, 6.45) is -4.70. The summed E-state index contributed by atoms with van der Waals surface area (Å²) in [6.45, 7) is -0.170. The minimum absolute atomic E-state index is 0.0211. The van der Waals surface area contributed by atoms with Crippen LogP contribution in [0, 0.1) is 5.82 Å². The van der Waals surface area contributed by atoms with E-state index in [0.29, 0.717) is 16.7 Å². The smallest absolute Gasteiger partial charge is 0.416 e. The summed E-state index contributed by atoms with van der Waals surface area (Å²) in [5, 5.41) is 28.6. The zero-order valence-electron chi connectivity index (χ0n) is 20.2. The molecule has 10 nitrogen and oxygen atoms in total. The number of nitrogens with zero attached hydrogens (tertiary/aromatic N) is 3. The molecule has 4 aromatic rings. The summed E-state index contributed by atoms with van der Waals surface area (Å²) in [4.78, 5) is 41.3. The normalized spacial score (nSPS) is 16.5. The topological polar surface area (TPSA) is 146 Å². The fourth-order valence-electron chi connectivity index (χ4n) is 4.46. The summed E-state index contributed by atoms with van der Waals surface area (Å²) in [5.74, 6) is -3.72. The average Bonchev–Trinajstić information content (AvgIpc) is 3.44. The quantitative estimate of drug-likeness (QED) is 0.267. The standard InChI is InChI=1S/C26H19F4N5O5/c27-17-11-32-35-19(24(38)34-21-16-6-3-13(25(39)40)7-14(16)8-20(21)36)9-18(33-22(17)35)23(37)31-10-12-1-4-15(5-2-12)26(28,29)30/h1-7,9,11,20-21,36H,8,10H2,(H,31,37)(H,34,38)(H,39,40)/t20-,21-/m1/s1. The Morgan fingerprint density at radius 3 is 2.45 bits per heavy atom. The second-order valence-electron chi connectivity index (χ2n) is 9.07. The maximum atomic E-state index is 14.4. The number of carbonyl (C=O) groups is 3. The molecule has 2 atom stereocenters. The molecule has 0 bridgehead atoms. The van der Waals surface area contributed by atoms with Gasteiger partial charge >= 0.3 is 12.1 Å². The molecule has 2 heterocycles. The van der Waals surface area contributed by atoms with E-state index < -0.39 is 53.1 Å². The largest absolute Gasteiger partial charge is 0.478 e. The Bertz CT molecular complexity index is 1650. The van der Waals surface area contributed by atoms with Crippen molar-refractivity contribution in [2.45, 2.75) is 31.3 Å². The number of amides is 2. The second kappa shape index (κ2) is 10.0. The molecule has 14 heteroatoms. The number of aliphatic hydroxyl groups excluding tert-OH is 1. The van der Waals surface area contributed by atoms with Gasteiger partial charge in [-0.25, -0.2) is 18.7 Å². The molecule has 0 fully saturated rings. The van der Waals surface area contributed by atoms with E-state index in [9.17, 15) is 42.2 Å². The summed E-state index contributed by atoms with van der Waals surface area (Å²) in [7, 11) is 0. The Morgan fingerprint density at radius 2 is 1.77 bits per heavy atom. The van der Waals surface area contributed by atoms with Crippen LogP contribution < -0.4 is 10.6 Å². The Kier molecular flexibility index (Phi) is 6.71. The number of carboxylic acids is 1. The van der Waals surface area contributed by atoms with Gasteiger partial charge in [0.25, 0.3) is 11.8 Å². The monoisotopic (exact) mass is 557 g/mol. The highest BCUT2D eigenvalue weighted by Crippen LogP contribution is 2.33. The van der Waals surface area contributed by atoms with E-state index in [0.717, 1.165) is 28.9 Å². The highest BCUT2D eigenvalue weighted by Gasteiger charge is 2.34. The molecular weight excluding hydrogens is 538 g/mol.